The van der Waals surface area contributed by atoms with E-state index in [1.54, 1.807) is 14.0 Å². The van der Waals surface area contributed by atoms with E-state index in [9.17, 15) is 14.7 Å². The van der Waals surface area contributed by atoms with E-state index in [2.05, 4.69) is 4.98 Å². The maximum absolute atomic E-state index is 12.1. The van der Waals surface area contributed by atoms with E-state index >= 15 is 0 Å². The fraction of sp³-hybridized carbons (Fsp3) is 0.733. The third-order valence-corrected chi connectivity index (χ3v) is 4.06. The molecule has 8 heteroatoms. The third-order valence-electron chi connectivity index (χ3n) is 4.06. The van der Waals surface area contributed by atoms with Crippen LogP contribution >= 0.6 is 0 Å². The molecule has 0 radical (unpaired) electrons. The number of nitrogens with zero attached hydrogens (tertiary/aromatic N) is 1. The van der Waals surface area contributed by atoms with E-state index < -0.39 is 35.8 Å². The molecule has 1 fully saturated rings. The lowest BCUT2D eigenvalue weighted by Crippen LogP contribution is -2.40. The van der Waals surface area contributed by atoms with E-state index in [1.807, 2.05) is 13.8 Å². The van der Waals surface area contributed by atoms with Gasteiger partial charge in [0.25, 0.3) is 5.56 Å². The average molecular weight is 328 g/mol. The average Bonchev–Trinajstić information content (AvgIpc) is 2.84. The minimum Gasteiger partial charge on any atom is -0.388 e. The van der Waals surface area contributed by atoms with E-state index in [4.69, 9.17) is 14.2 Å². The van der Waals surface area contributed by atoms with Gasteiger partial charge in [0.2, 0.25) is 0 Å². The molecule has 1 aromatic rings. The van der Waals surface area contributed by atoms with Gasteiger partial charge in [-0.3, -0.25) is 14.3 Å². The zero-order valence-corrected chi connectivity index (χ0v) is 13.8. The second kappa shape index (κ2) is 7.39. The molecule has 23 heavy (non-hydrogen) atoms. The van der Waals surface area contributed by atoms with E-state index in [0.717, 1.165) is 0 Å². The molecule has 1 saturated heterocycles. The largest absolute Gasteiger partial charge is 0.388 e. The Morgan fingerprint density at radius 3 is 2.78 bits per heavy atom. The minimum absolute atomic E-state index is 0.155. The first kappa shape index (κ1) is 17.9. The Morgan fingerprint density at radius 2 is 2.17 bits per heavy atom. The van der Waals surface area contributed by atoms with Gasteiger partial charge in [-0.15, -0.1) is 0 Å². The summed E-state index contributed by atoms with van der Waals surface area (Å²) in [5, 5.41) is 10.4. The van der Waals surface area contributed by atoms with Crippen molar-refractivity contribution in [3.05, 3.63) is 32.6 Å². The van der Waals surface area contributed by atoms with Crippen molar-refractivity contribution in [2.24, 2.45) is 0 Å². The Hall–Kier alpha value is -1.48. The van der Waals surface area contributed by atoms with Crippen LogP contribution in [0.5, 0.6) is 0 Å². The molecule has 2 heterocycles. The Balaban J connectivity index is 2.31. The van der Waals surface area contributed by atoms with Crippen molar-refractivity contribution < 1.29 is 19.3 Å². The Morgan fingerprint density at radius 1 is 1.48 bits per heavy atom. The lowest BCUT2D eigenvalue weighted by atomic mass is 10.1. The van der Waals surface area contributed by atoms with E-state index in [-0.39, 0.29) is 12.7 Å². The Labute approximate surface area is 134 Å². The number of H-pyrrole nitrogens is 1. The molecule has 0 saturated carbocycles. The molecule has 0 spiro atoms. The number of aliphatic hydroxyl groups is 1. The molecule has 0 aliphatic carbocycles. The SMILES string of the molecule is CC[C@H]1O[C@@H](n2cc(C)c(=O)[nH]c2=O)[C@@H](OCC(C)OC)C1O. The quantitative estimate of drug-likeness (QED) is 0.758. The van der Waals surface area contributed by atoms with Crippen molar-refractivity contribution in [2.75, 3.05) is 13.7 Å². The summed E-state index contributed by atoms with van der Waals surface area (Å²) in [4.78, 5) is 25.8. The van der Waals surface area contributed by atoms with Gasteiger partial charge in [0, 0.05) is 18.9 Å². The van der Waals surface area contributed by atoms with Gasteiger partial charge < -0.3 is 19.3 Å². The molecule has 5 atom stereocenters. The fourth-order valence-electron chi connectivity index (χ4n) is 2.55. The lowest BCUT2D eigenvalue weighted by molar-refractivity contribution is -0.0932. The van der Waals surface area contributed by atoms with Crippen LogP contribution in [0.4, 0.5) is 0 Å². The summed E-state index contributed by atoms with van der Waals surface area (Å²) >= 11 is 0. The normalized spacial score (nSPS) is 28.9. The predicted octanol–water partition coefficient (Wildman–Crippen LogP) is -0.0666. The highest BCUT2D eigenvalue weighted by Crippen LogP contribution is 2.32. The van der Waals surface area contributed by atoms with Gasteiger partial charge in [0.1, 0.15) is 12.2 Å². The van der Waals surface area contributed by atoms with E-state index in [1.165, 1.54) is 10.8 Å². The first-order chi connectivity index (χ1) is 10.9. The van der Waals surface area contributed by atoms with Crippen molar-refractivity contribution in [3.63, 3.8) is 0 Å². The van der Waals surface area contributed by atoms with Gasteiger partial charge in [-0.2, -0.15) is 0 Å². The summed E-state index contributed by atoms with van der Waals surface area (Å²) in [6.07, 6.45) is -0.989. The second-order valence-corrected chi connectivity index (χ2v) is 5.79. The number of methoxy groups -OCH3 is 1. The van der Waals surface area contributed by atoms with Crippen LogP contribution in [0.3, 0.4) is 0 Å². The highest BCUT2D eigenvalue weighted by Gasteiger charge is 2.45. The number of aryl methyl sites for hydroxylation is 1. The van der Waals surface area contributed by atoms with Crippen molar-refractivity contribution >= 4 is 0 Å². The van der Waals surface area contributed by atoms with Crippen LogP contribution in [0.2, 0.25) is 0 Å². The smallest absolute Gasteiger partial charge is 0.330 e. The summed E-state index contributed by atoms with van der Waals surface area (Å²) < 4.78 is 17.9. The van der Waals surface area contributed by atoms with Gasteiger partial charge in [-0.1, -0.05) is 6.92 Å². The Bertz CT molecular complexity index is 640. The van der Waals surface area contributed by atoms with Gasteiger partial charge in [0.05, 0.1) is 18.8 Å². The molecular weight excluding hydrogens is 304 g/mol. The van der Waals surface area contributed by atoms with Crippen LogP contribution in [0.25, 0.3) is 0 Å². The van der Waals surface area contributed by atoms with Crippen molar-refractivity contribution in [3.8, 4) is 0 Å². The molecule has 0 bridgehead atoms. The summed E-state index contributed by atoms with van der Waals surface area (Å²) in [6, 6.07) is 0. The summed E-state index contributed by atoms with van der Waals surface area (Å²) in [5.74, 6) is 0. The molecule has 130 valence electrons. The first-order valence-corrected chi connectivity index (χ1v) is 7.69. The molecule has 1 aliphatic rings. The number of hydrogen-bond donors (Lipinski definition) is 2. The molecule has 1 aromatic heterocycles. The fourth-order valence-corrected chi connectivity index (χ4v) is 2.55. The number of nitrogens with one attached hydrogen (secondary N) is 1. The lowest BCUT2D eigenvalue weighted by Gasteiger charge is -2.23. The minimum atomic E-state index is -0.867. The highest BCUT2D eigenvalue weighted by molar-refractivity contribution is 5.03. The summed E-state index contributed by atoms with van der Waals surface area (Å²) in [7, 11) is 1.57. The zero-order valence-electron chi connectivity index (χ0n) is 13.8. The molecule has 2 rings (SSSR count). The van der Waals surface area contributed by atoms with Crippen LogP contribution < -0.4 is 11.2 Å². The molecule has 2 N–H and O–H groups in total. The maximum atomic E-state index is 12.1. The van der Waals surface area contributed by atoms with Crippen LogP contribution in [0.15, 0.2) is 15.8 Å². The molecule has 8 nitrogen and oxygen atoms in total. The Kier molecular flexibility index (Phi) is 5.74. The van der Waals surface area contributed by atoms with Crippen molar-refractivity contribution in [1.82, 2.24) is 9.55 Å². The number of hydrogen-bond acceptors (Lipinski definition) is 6. The highest BCUT2D eigenvalue weighted by atomic mass is 16.6. The first-order valence-electron chi connectivity index (χ1n) is 7.69. The van der Waals surface area contributed by atoms with Gasteiger partial charge in [0.15, 0.2) is 6.23 Å². The van der Waals surface area contributed by atoms with Gasteiger partial charge >= 0.3 is 5.69 Å². The van der Waals surface area contributed by atoms with Crippen LogP contribution in [-0.4, -0.2) is 52.8 Å². The number of rotatable bonds is 6. The van der Waals surface area contributed by atoms with Gasteiger partial charge in [-0.05, 0) is 20.3 Å². The molecule has 2 unspecified atom stereocenters. The second-order valence-electron chi connectivity index (χ2n) is 5.79. The maximum Gasteiger partial charge on any atom is 0.330 e. The van der Waals surface area contributed by atoms with Crippen LogP contribution in [0.1, 0.15) is 32.1 Å². The summed E-state index contributed by atoms with van der Waals surface area (Å²) in [5.41, 5.74) is -0.656. The van der Waals surface area contributed by atoms with Crippen LogP contribution in [-0.2, 0) is 14.2 Å². The van der Waals surface area contributed by atoms with Crippen LogP contribution in [0, 0.1) is 6.92 Å². The number of aliphatic hydroxyl groups excluding tert-OH is 1. The number of aromatic nitrogens is 2. The topological polar surface area (TPSA) is 103 Å². The molecule has 0 aromatic carbocycles. The predicted molar refractivity (Wildman–Crippen MR) is 82.5 cm³/mol. The zero-order chi connectivity index (χ0) is 17.1. The van der Waals surface area contributed by atoms with Crippen molar-refractivity contribution in [2.45, 2.75) is 57.8 Å². The number of ether oxygens (including phenoxy) is 3. The molecule has 1 aliphatic heterocycles. The van der Waals surface area contributed by atoms with Crippen molar-refractivity contribution in [1.29, 1.82) is 0 Å². The number of aromatic amines is 1. The van der Waals surface area contributed by atoms with Gasteiger partial charge in [-0.25, -0.2) is 4.79 Å². The third kappa shape index (κ3) is 3.72. The standard InChI is InChI=1S/C15H24N2O6/c1-5-10-11(18)12(22-7-9(3)21-4)14(23-10)17-6-8(2)13(19)16-15(17)20/h6,9-12,14,18H,5,7H2,1-4H3,(H,16,19,20)/t9?,10-,11?,12+,14-/m1/s1. The molecular formula is C15H24N2O6. The molecule has 0 amide bonds. The summed E-state index contributed by atoms with van der Waals surface area (Å²) in [6.45, 7) is 5.57. The monoisotopic (exact) mass is 328 g/mol. The van der Waals surface area contributed by atoms with E-state index in [0.29, 0.717) is 12.0 Å².